The van der Waals surface area contributed by atoms with Crippen molar-refractivity contribution < 1.29 is 23.5 Å². The lowest BCUT2D eigenvalue weighted by atomic mass is 9.96. The molecule has 3 aromatic heterocycles. The topological polar surface area (TPSA) is 143 Å². The molecule has 0 unspecified atom stereocenters. The number of rotatable bonds is 9. The Kier molecular flexibility index (Phi) is 7.61. The minimum Gasteiger partial charge on any atom is -0.446 e. The number of aliphatic hydroxyl groups is 1. The molecule has 0 aliphatic heterocycles. The maximum Gasteiger partial charge on any atom is 0.269 e. The van der Waals surface area contributed by atoms with Gasteiger partial charge in [0.1, 0.15) is 28.1 Å². The van der Waals surface area contributed by atoms with Crippen molar-refractivity contribution in [2.45, 2.75) is 39.7 Å². The quantitative estimate of drug-likeness (QED) is 0.244. The van der Waals surface area contributed by atoms with Crippen LogP contribution in [0.5, 0.6) is 0 Å². The first-order chi connectivity index (χ1) is 17.9. The molecule has 0 aliphatic carbocycles. The van der Waals surface area contributed by atoms with Gasteiger partial charge >= 0.3 is 0 Å². The Morgan fingerprint density at radius 3 is 2.55 bits per heavy atom. The molecule has 38 heavy (non-hydrogen) atoms. The van der Waals surface area contributed by atoms with Gasteiger partial charge in [0.25, 0.3) is 11.8 Å². The van der Waals surface area contributed by atoms with Gasteiger partial charge in [-0.1, -0.05) is 18.2 Å². The summed E-state index contributed by atoms with van der Waals surface area (Å²) in [4.78, 5) is 33.9. The number of nitrogens with two attached hydrogens (primary N) is 1. The minimum absolute atomic E-state index is 0.158. The molecule has 0 spiro atoms. The molecule has 0 fully saturated rings. The second kappa shape index (κ2) is 10.7. The molecule has 2 amide bonds. The van der Waals surface area contributed by atoms with E-state index in [1.165, 1.54) is 12.1 Å². The highest BCUT2D eigenvalue weighted by Gasteiger charge is 2.21. The molecule has 3 heterocycles. The van der Waals surface area contributed by atoms with E-state index >= 15 is 0 Å². The number of aryl methyl sites for hydroxylation is 2. The average Bonchev–Trinajstić information content (AvgIpc) is 3.40. The van der Waals surface area contributed by atoms with Crippen LogP contribution in [0.1, 0.15) is 57.6 Å². The lowest BCUT2D eigenvalue weighted by Gasteiger charge is -2.18. The summed E-state index contributed by atoms with van der Waals surface area (Å²) in [5.41, 5.74) is 6.18. The second-order valence-corrected chi connectivity index (χ2v) is 10.3. The number of oxazole rings is 1. The van der Waals surface area contributed by atoms with Crippen molar-refractivity contribution in [2.24, 2.45) is 5.73 Å². The van der Waals surface area contributed by atoms with Crippen molar-refractivity contribution in [3.05, 3.63) is 82.4 Å². The first-order valence-corrected chi connectivity index (χ1v) is 12.7. The number of halogens is 1. The highest BCUT2D eigenvalue weighted by molar-refractivity contribution is 7.20. The Balaban J connectivity index is 1.51. The number of benzene rings is 1. The predicted octanol–water partition coefficient (Wildman–Crippen LogP) is 4.60. The van der Waals surface area contributed by atoms with Crippen LogP contribution in [0.15, 0.2) is 46.9 Å². The van der Waals surface area contributed by atoms with Gasteiger partial charge < -0.3 is 25.9 Å². The van der Waals surface area contributed by atoms with Gasteiger partial charge in [-0.15, -0.1) is 11.3 Å². The summed E-state index contributed by atoms with van der Waals surface area (Å²) in [6.07, 6.45) is 0.514. The van der Waals surface area contributed by atoms with Crippen LogP contribution in [0.4, 0.5) is 15.2 Å². The van der Waals surface area contributed by atoms with E-state index in [0.717, 1.165) is 22.8 Å². The summed E-state index contributed by atoms with van der Waals surface area (Å²) >= 11 is 1.12. The number of nitrogens with one attached hydrogen (secondary N) is 2. The van der Waals surface area contributed by atoms with Gasteiger partial charge in [-0.25, -0.2) is 14.4 Å². The van der Waals surface area contributed by atoms with Crippen molar-refractivity contribution in [2.75, 3.05) is 11.9 Å². The van der Waals surface area contributed by atoms with Crippen LogP contribution < -0.4 is 16.4 Å². The predicted molar refractivity (Wildman–Crippen MR) is 143 cm³/mol. The molecule has 0 saturated heterocycles. The molecule has 0 saturated carbocycles. The first-order valence-electron chi connectivity index (χ1n) is 11.8. The van der Waals surface area contributed by atoms with Crippen molar-refractivity contribution in [3.8, 4) is 10.4 Å². The third-order valence-electron chi connectivity index (χ3n) is 5.81. The van der Waals surface area contributed by atoms with Crippen LogP contribution in [0.2, 0.25) is 0 Å². The van der Waals surface area contributed by atoms with Gasteiger partial charge in [-0.3, -0.25) is 9.59 Å². The molecule has 0 aliphatic rings. The van der Waals surface area contributed by atoms with E-state index in [2.05, 4.69) is 20.6 Å². The zero-order valence-corrected chi connectivity index (χ0v) is 22.2. The van der Waals surface area contributed by atoms with E-state index in [9.17, 15) is 19.1 Å². The van der Waals surface area contributed by atoms with E-state index in [4.69, 9.17) is 10.2 Å². The highest BCUT2D eigenvalue weighted by atomic mass is 32.1. The van der Waals surface area contributed by atoms with Crippen molar-refractivity contribution >= 4 is 34.0 Å². The molecular weight excluding hydrogens is 509 g/mol. The molecule has 9 nitrogen and oxygen atoms in total. The van der Waals surface area contributed by atoms with Crippen LogP contribution in [-0.4, -0.2) is 33.4 Å². The number of carbonyl (C=O) groups excluding carboxylic acids is 2. The fraction of sp³-hybridized carbons (Fsp3) is 0.259. The maximum absolute atomic E-state index is 14.9. The number of hydrogen-bond donors (Lipinski definition) is 4. The van der Waals surface area contributed by atoms with E-state index in [1.807, 2.05) is 6.92 Å². The number of amides is 2. The van der Waals surface area contributed by atoms with Crippen molar-refractivity contribution in [1.29, 1.82) is 0 Å². The molecular formula is C27H28FN5O4S. The zero-order valence-electron chi connectivity index (χ0n) is 21.4. The van der Waals surface area contributed by atoms with Gasteiger partial charge in [0.05, 0.1) is 16.9 Å². The second-order valence-electron chi connectivity index (χ2n) is 9.25. The van der Waals surface area contributed by atoms with Crippen LogP contribution >= 0.6 is 11.3 Å². The third kappa shape index (κ3) is 6.06. The summed E-state index contributed by atoms with van der Waals surface area (Å²) in [5.74, 6) is -0.00577. The standard InChI is InChI=1S/C27H28FN5O4S/c1-14-20(31-15(2)37-14)10-11-30-25(35)21-6-5-7-23(32-21)33-26-18(24(29)34)13-22(38-26)17-9-8-16(12-19(17)28)27(3,4)36/h5-9,12-13,36H,10-11H2,1-4H3,(H2,29,34)(H,30,35)(H,32,33). The molecule has 4 aromatic rings. The fourth-order valence-corrected chi connectivity index (χ4v) is 4.93. The smallest absolute Gasteiger partial charge is 0.269 e. The van der Waals surface area contributed by atoms with Gasteiger partial charge in [0.2, 0.25) is 0 Å². The molecule has 0 atom stereocenters. The monoisotopic (exact) mass is 537 g/mol. The number of aromatic nitrogens is 2. The largest absolute Gasteiger partial charge is 0.446 e. The molecule has 0 radical (unpaired) electrons. The first kappa shape index (κ1) is 27.0. The summed E-state index contributed by atoms with van der Waals surface area (Å²) in [6, 6.07) is 10.8. The van der Waals surface area contributed by atoms with Crippen molar-refractivity contribution in [1.82, 2.24) is 15.3 Å². The number of hydrogen-bond acceptors (Lipinski definition) is 8. The lowest BCUT2D eigenvalue weighted by molar-refractivity contribution is 0.0782. The zero-order chi connectivity index (χ0) is 27.6. The van der Waals surface area contributed by atoms with Gasteiger partial charge in [0, 0.05) is 30.3 Å². The Hall–Kier alpha value is -4.09. The molecule has 11 heteroatoms. The van der Waals surface area contributed by atoms with Crippen LogP contribution in [0, 0.1) is 19.7 Å². The van der Waals surface area contributed by atoms with E-state index in [0.29, 0.717) is 40.1 Å². The summed E-state index contributed by atoms with van der Waals surface area (Å²) in [7, 11) is 0. The summed E-state index contributed by atoms with van der Waals surface area (Å²) in [5, 5.41) is 16.4. The Morgan fingerprint density at radius 1 is 1.16 bits per heavy atom. The molecule has 1 aromatic carbocycles. The van der Waals surface area contributed by atoms with E-state index in [-0.39, 0.29) is 22.7 Å². The van der Waals surface area contributed by atoms with Crippen LogP contribution in [-0.2, 0) is 12.0 Å². The minimum atomic E-state index is -1.20. The Morgan fingerprint density at radius 2 is 1.92 bits per heavy atom. The lowest BCUT2D eigenvalue weighted by Crippen LogP contribution is -2.26. The number of anilines is 2. The Labute approximate surface area is 222 Å². The molecule has 5 N–H and O–H groups in total. The van der Waals surface area contributed by atoms with Gasteiger partial charge in [-0.2, -0.15) is 0 Å². The average molecular weight is 538 g/mol. The number of thiophene rings is 1. The number of pyridine rings is 1. The summed E-state index contributed by atoms with van der Waals surface area (Å²) in [6.45, 7) is 7.08. The maximum atomic E-state index is 14.9. The van der Waals surface area contributed by atoms with E-state index in [1.54, 1.807) is 51.1 Å². The van der Waals surface area contributed by atoms with Gasteiger partial charge in [-0.05, 0) is 50.6 Å². The number of primary amides is 1. The van der Waals surface area contributed by atoms with Crippen molar-refractivity contribution in [3.63, 3.8) is 0 Å². The third-order valence-corrected chi connectivity index (χ3v) is 6.89. The summed E-state index contributed by atoms with van der Waals surface area (Å²) < 4.78 is 20.3. The molecule has 198 valence electrons. The normalized spacial score (nSPS) is 11.4. The molecule has 0 bridgehead atoms. The number of nitrogens with zero attached hydrogens (tertiary/aromatic N) is 2. The number of carbonyl (C=O) groups is 2. The Bertz CT molecular complexity index is 1510. The van der Waals surface area contributed by atoms with E-state index < -0.39 is 17.3 Å². The highest BCUT2D eigenvalue weighted by Crippen LogP contribution is 2.38. The fourth-order valence-electron chi connectivity index (χ4n) is 3.83. The molecule has 4 rings (SSSR count). The SMILES string of the molecule is Cc1nc(CCNC(=O)c2cccc(Nc3sc(-c4ccc(C(C)(C)O)cc4F)cc3C(N)=O)n2)c(C)o1. The van der Waals surface area contributed by atoms with Crippen LogP contribution in [0.25, 0.3) is 10.4 Å². The van der Waals surface area contributed by atoms with Gasteiger partial charge in [0.15, 0.2) is 5.89 Å². The van der Waals surface area contributed by atoms with Crippen LogP contribution in [0.3, 0.4) is 0 Å².